The molecule has 0 fully saturated rings. The van der Waals surface area contributed by atoms with Gasteiger partial charge in [0.05, 0.1) is 6.61 Å². The Bertz CT molecular complexity index is 448. The molecular weight excluding hydrogens is 216 g/mol. The molecule has 1 aliphatic carbocycles. The maximum Gasteiger partial charge on any atom is 0.190 e. The molecule has 0 radical (unpaired) electrons. The molecule has 2 rings (SSSR count). The lowest BCUT2D eigenvalue weighted by atomic mass is 10.0. The molecule has 0 aliphatic heterocycles. The normalized spacial score (nSPS) is 23.2. The molecule has 1 aliphatic rings. The van der Waals surface area contributed by atoms with E-state index >= 15 is 0 Å². The number of rotatable bonds is 4. The van der Waals surface area contributed by atoms with Crippen LogP contribution in [0.25, 0.3) is 0 Å². The van der Waals surface area contributed by atoms with Crippen molar-refractivity contribution in [2.24, 2.45) is 0 Å². The lowest BCUT2D eigenvalue weighted by Gasteiger charge is -2.26. The Kier molecular flexibility index (Phi) is 3.52. The predicted molar refractivity (Wildman–Crippen MR) is 64.1 cm³/mol. The zero-order chi connectivity index (χ0) is 12.1. The number of ether oxygens (including phenoxy) is 1. The summed E-state index contributed by atoms with van der Waals surface area (Å²) in [5.41, 5.74) is 1.42. The molecule has 1 aromatic rings. The second kappa shape index (κ2) is 5.08. The second-order valence-corrected chi connectivity index (χ2v) is 3.99. The summed E-state index contributed by atoms with van der Waals surface area (Å²) in [4.78, 5) is 10.6. The van der Waals surface area contributed by atoms with Crippen LogP contribution in [-0.2, 0) is 16.1 Å². The summed E-state index contributed by atoms with van der Waals surface area (Å²) in [6.07, 6.45) is 5.91. The van der Waals surface area contributed by atoms with Crippen LogP contribution in [0, 0.1) is 0 Å². The molecular formula is C14H14O3. The van der Waals surface area contributed by atoms with Crippen LogP contribution in [0.2, 0.25) is 0 Å². The SMILES string of the molecule is O=CC1=CC(O)(OCc2ccccc2)CC=C1. The first-order valence-electron chi connectivity index (χ1n) is 5.47. The van der Waals surface area contributed by atoms with Gasteiger partial charge in [-0.05, 0) is 11.6 Å². The second-order valence-electron chi connectivity index (χ2n) is 3.99. The fraction of sp³-hybridized carbons (Fsp3) is 0.214. The highest BCUT2D eigenvalue weighted by Crippen LogP contribution is 2.23. The Morgan fingerprint density at radius 1 is 1.35 bits per heavy atom. The van der Waals surface area contributed by atoms with Crippen LogP contribution in [0.3, 0.4) is 0 Å². The van der Waals surface area contributed by atoms with Gasteiger partial charge in [-0.2, -0.15) is 0 Å². The first-order chi connectivity index (χ1) is 8.22. The Hall–Kier alpha value is -1.71. The molecule has 1 unspecified atom stereocenters. The van der Waals surface area contributed by atoms with Gasteiger partial charge in [-0.25, -0.2) is 0 Å². The van der Waals surface area contributed by atoms with Crippen molar-refractivity contribution in [1.82, 2.24) is 0 Å². The number of hydrogen-bond acceptors (Lipinski definition) is 3. The third-order valence-electron chi connectivity index (χ3n) is 2.58. The van der Waals surface area contributed by atoms with Crippen molar-refractivity contribution in [2.75, 3.05) is 0 Å². The van der Waals surface area contributed by atoms with Crippen molar-refractivity contribution < 1.29 is 14.6 Å². The van der Waals surface area contributed by atoms with Crippen molar-refractivity contribution in [2.45, 2.75) is 18.8 Å². The average Bonchev–Trinajstić information content (AvgIpc) is 2.38. The summed E-state index contributed by atoms with van der Waals surface area (Å²) in [7, 11) is 0. The van der Waals surface area contributed by atoms with Gasteiger partial charge in [0.2, 0.25) is 0 Å². The van der Waals surface area contributed by atoms with Gasteiger partial charge in [0.1, 0.15) is 6.29 Å². The monoisotopic (exact) mass is 230 g/mol. The fourth-order valence-electron chi connectivity index (χ4n) is 1.69. The van der Waals surface area contributed by atoms with Crippen LogP contribution in [0.4, 0.5) is 0 Å². The molecule has 0 aromatic heterocycles. The molecule has 1 aromatic carbocycles. The Morgan fingerprint density at radius 3 is 2.82 bits per heavy atom. The Balaban J connectivity index is 2.01. The Labute approximate surface area is 100 Å². The number of hydrogen-bond donors (Lipinski definition) is 1. The lowest BCUT2D eigenvalue weighted by molar-refractivity contribution is -0.173. The van der Waals surface area contributed by atoms with Crippen molar-refractivity contribution in [3.05, 3.63) is 59.7 Å². The highest BCUT2D eigenvalue weighted by Gasteiger charge is 2.26. The van der Waals surface area contributed by atoms with E-state index in [4.69, 9.17) is 4.74 Å². The standard InChI is InChI=1S/C14H14O3/c15-10-13-7-4-8-14(16,9-13)17-11-12-5-2-1-3-6-12/h1-7,9-10,16H,8,11H2. The molecule has 3 nitrogen and oxygen atoms in total. The zero-order valence-electron chi connectivity index (χ0n) is 9.37. The summed E-state index contributed by atoms with van der Waals surface area (Å²) in [5.74, 6) is -1.37. The van der Waals surface area contributed by atoms with Crippen molar-refractivity contribution in [3.63, 3.8) is 0 Å². The first kappa shape index (κ1) is 11.8. The van der Waals surface area contributed by atoms with Crippen LogP contribution in [0.1, 0.15) is 12.0 Å². The zero-order valence-corrected chi connectivity index (χ0v) is 9.37. The molecule has 88 valence electrons. The van der Waals surface area contributed by atoms with E-state index in [0.717, 1.165) is 5.56 Å². The largest absolute Gasteiger partial charge is 0.362 e. The summed E-state index contributed by atoms with van der Waals surface area (Å²) in [5, 5.41) is 10.1. The van der Waals surface area contributed by atoms with E-state index in [0.29, 0.717) is 24.9 Å². The summed E-state index contributed by atoms with van der Waals surface area (Å²) < 4.78 is 5.46. The van der Waals surface area contributed by atoms with Gasteiger partial charge >= 0.3 is 0 Å². The average molecular weight is 230 g/mol. The number of benzene rings is 1. The minimum absolute atomic E-state index is 0.313. The lowest BCUT2D eigenvalue weighted by Crippen LogP contribution is -2.31. The summed E-state index contributed by atoms with van der Waals surface area (Å²) >= 11 is 0. The molecule has 0 heterocycles. The van der Waals surface area contributed by atoms with Gasteiger partial charge in [0.15, 0.2) is 5.79 Å². The number of carbonyl (C=O) groups excluding carboxylic acids is 1. The van der Waals surface area contributed by atoms with Crippen LogP contribution >= 0.6 is 0 Å². The van der Waals surface area contributed by atoms with E-state index in [1.807, 2.05) is 30.3 Å². The maximum atomic E-state index is 10.6. The third-order valence-corrected chi connectivity index (χ3v) is 2.58. The van der Waals surface area contributed by atoms with Gasteiger partial charge in [0, 0.05) is 12.0 Å². The van der Waals surface area contributed by atoms with E-state index in [2.05, 4.69) is 0 Å². The highest BCUT2D eigenvalue weighted by atomic mass is 16.6. The molecule has 1 N–H and O–H groups in total. The molecule has 0 spiro atoms. The van der Waals surface area contributed by atoms with Crippen LogP contribution in [0.5, 0.6) is 0 Å². The topological polar surface area (TPSA) is 46.5 Å². The summed E-state index contributed by atoms with van der Waals surface area (Å²) in [6, 6.07) is 9.59. The molecule has 0 saturated heterocycles. The molecule has 1 atom stereocenters. The molecule has 0 amide bonds. The number of carbonyl (C=O) groups is 1. The number of allylic oxidation sites excluding steroid dienone is 2. The fourth-order valence-corrected chi connectivity index (χ4v) is 1.69. The minimum Gasteiger partial charge on any atom is -0.362 e. The predicted octanol–water partition coefficient (Wildman–Crippen LogP) is 1.98. The number of aldehydes is 1. The van der Waals surface area contributed by atoms with Crippen molar-refractivity contribution >= 4 is 6.29 Å². The van der Waals surface area contributed by atoms with E-state index < -0.39 is 5.79 Å². The van der Waals surface area contributed by atoms with Gasteiger partial charge < -0.3 is 9.84 Å². The molecule has 0 saturated carbocycles. The van der Waals surface area contributed by atoms with Crippen LogP contribution in [0.15, 0.2) is 54.1 Å². The first-order valence-corrected chi connectivity index (χ1v) is 5.47. The summed E-state index contributed by atoms with van der Waals surface area (Å²) in [6.45, 7) is 0.313. The van der Waals surface area contributed by atoms with E-state index in [1.54, 1.807) is 12.2 Å². The van der Waals surface area contributed by atoms with Gasteiger partial charge in [-0.3, -0.25) is 4.79 Å². The quantitative estimate of drug-likeness (QED) is 0.635. The third kappa shape index (κ3) is 3.12. The van der Waals surface area contributed by atoms with Gasteiger partial charge in [-0.15, -0.1) is 0 Å². The molecule has 17 heavy (non-hydrogen) atoms. The van der Waals surface area contributed by atoms with Crippen LogP contribution < -0.4 is 0 Å². The van der Waals surface area contributed by atoms with E-state index in [1.165, 1.54) is 6.08 Å². The van der Waals surface area contributed by atoms with E-state index in [-0.39, 0.29) is 0 Å². The minimum atomic E-state index is -1.37. The smallest absolute Gasteiger partial charge is 0.190 e. The van der Waals surface area contributed by atoms with Crippen LogP contribution in [-0.4, -0.2) is 17.2 Å². The molecule has 0 bridgehead atoms. The van der Waals surface area contributed by atoms with Crippen molar-refractivity contribution in [3.8, 4) is 0 Å². The molecule has 3 heteroatoms. The number of aliphatic hydroxyl groups is 1. The van der Waals surface area contributed by atoms with E-state index in [9.17, 15) is 9.90 Å². The Morgan fingerprint density at radius 2 is 2.12 bits per heavy atom. The highest BCUT2D eigenvalue weighted by molar-refractivity contribution is 5.78. The maximum absolute atomic E-state index is 10.6. The van der Waals surface area contributed by atoms with Gasteiger partial charge in [0.25, 0.3) is 0 Å². The van der Waals surface area contributed by atoms with Crippen molar-refractivity contribution in [1.29, 1.82) is 0 Å². The van der Waals surface area contributed by atoms with Gasteiger partial charge in [-0.1, -0.05) is 42.5 Å².